The van der Waals surface area contributed by atoms with Gasteiger partial charge in [0.05, 0.1) is 5.02 Å². The molecule has 0 aliphatic carbocycles. The van der Waals surface area contributed by atoms with Gasteiger partial charge in [0.25, 0.3) is 0 Å². The average Bonchev–Trinajstić information content (AvgIpc) is 2.42. The Morgan fingerprint density at radius 2 is 1.80 bits per heavy atom. The van der Waals surface area contributed by atoms with Crippen LogP contribution in [0.4, 0.5) is 8.78 Å². The van der Waals surface area contributed by atoms with E-state index in [1.807, 2.05) is 0 Å². The number of nitrogens with one attached hydrogen (secondary N) is 1. The first-order valence-corrected chi connectivity index (χ1v) is 6.47. The second-order valence-electron chi connectivity index (χ2n) is 4.33. The van der Waals surface area contributed by atoms with Crippen LogP contribution in [-0.4, -0.2) is 7.05 Å². The van der Waals surface area contributed by atoms with E-state index in [9.17, 15) is 8.78 Å². The van der Waals surface area contributed by atoms with E-state index in [1.54, 1.807) is 25.2 Å². The van der Waals surface area contributed by atoms with Crippen molar-refractivity contribution >= 4 is 11.6 Å². The lowest BCUT2D eigenvalue weighted by atomic mass is 10.2. The Bertz CT molecular complexity index is 604. The van der Waals surface area contributed by atoms with Crippen LogP contribution in [0.15, 0.2) is 36.4 Å². The lowest BCUT2D eigenvalue weighted by molar-refractivity contribution is 0.290. The highest BCUT2D eigenvalue weighted by molar-refractivity contribution is 6.30. The summed E-state index contributed by atoms with van der Waals surface area (Å²) < 4.78 is 32.2. The molecule has 0 unspecified atom stereocenters. The molecule has 0 aliphatic rings. The SMILES string of the molecule is CNCc1ccc(OCc2ccc(F)c(Cl)c2)c(F)c1. The van der Waals surface area contributed by atoms with Crippen molar-refractivity contribution in [2.24, 2.45) is 0 Å². The van der Waals surface area contributed by atoms with Gasteiger partial charge in [-0.2, -0.15) is 0 Å². The molecule has 0 radical (unpaired) electrons. The van der Waals surface area contributed by atoms with Gasteiger partial charge in [-0.3, -0.25) is 0 Å². The Hall–Kier alpha value is -1.65. The fourth-order valence-corrected chi connectivity index (χ4v) is 1.97. The van der Waals surface area contributed by atoms with Crippen LogP contribution < -0.4 is 10.1 Å². The van der Waals surface area contributed by atoms with Crippen LogP contribution in [0.25, 0.3) is 0 Å². The van der Waals surface area contributed by atoms with Crippen molar-refractivity contribution in [2.75, 3.05) is 7.05 Å². The van der Waals surface area contributed by atoms with E-state index in [2.05, 4.69) is 5.32 Å². The zero-order valence-corrected chi connectivity index (χ0v) is 11.7. The molecule has 5 heteroatoms. The minimum absolute atomic E-state index is 0.0240. The van der Waals surface area contributed by atoms with Crippen molar-refractivity contribution in [3.05, 3.63) is 64.2 Å². The van der Waals surface area contributed by atoms with E-state index in [0.717, 1.165) is 5.56 Å². The summed E-state index contributed by atoms with van der Waals surface area (Å²) in [6, 6.07) is 9.05. The van der Waals surface area contributed by atoms with Crippen molar-refractivity contribution in [3.8, 4) is 5.75 Å². The lowest BCUT2D eigenvalue weighted by Crippen LogP contribution is -2.05. The van der Waals surface area contributed by atoms with E-state index in [1.165, 1.54) is 18.2 Å². The first-order chi connectivity index (χ1) is 9.60. The van der Waals surface area contributed by atoms with Gasteiger partial charge in [-0.15, -0.1) is 0 Å². The summed E-state index contributed by atoms with van der Waals surface area (Å²) in [7, 11) is 1.79. The summed E-state index contributed by atoms with van der Waals surface area (Å²) in [6.45, 7) is 0.715. The van der Waals surface area contributed by atoms with Gasteiger partial charge >= 0.3 is 0 Å². The third-order valence-electron chi connectivity index (χ3n) is 2.76. The van der Waals surface area contributed by atoms with Crippen LogP contribution in [0.1, 0.15) is 11.1 Å². The molecule has 2 nitrogen and oxygen atoms in total. The maximum atomic E-state index is 13.8. The Morgan fingerprint density at radius 3 is 2.45 bits per heavy atom. The van der Waals surface area contributed by atoms with Crippen LogP contribution in [0.3, 0.4) is 0 Å². The van der Waals surface area contributed by atoms with Crippen molar-refractivity contribution in [1.29, 1.82) is 0 Å². The Morgan fingerprint density at radius 1 is 1.05 bits per heavy atom. The molecule has 0 spiro atoms. The van der Waals surface area contributed by atoms with Crippen molar-refractivity contribution in [2.45, 2.75) is 13.2 Å². The molecule has 0 saturated carbocycles. The van der Waals surface area contributed by atoms with Gasteiger partial charge in [-0.1, -0.05) is 23.7 Å². The molecule has 0 aliphatic heterocycles. The van der Waals surface area contributed by atoms with E-state index >= 15 is 0 Å². The third-order valence-corrected chi connectivity index (χ3v) is 3.05. The van der Waals surface area contributed by atoms with Crippen molar-refractivity contribution < 1.29 is 13.5 Å². The monoisotopic (exact) mass is 297 g/mol. The normalized spacial score (nSPS) is 10.6. The molecule has 2 aromatic carbocycles. The molecule has 106 valence electrons. The summed E-state index contributed by atoms with van der Waals surface area (Å²) in [6.07, 6.45) is 0. The standard InChI is InChI=1S/C15H14ClF2NO/c1-19-8-10-3-5-15(14(18)7-10)20-9-11-2-4-13(17)12(16)6-11/h2-7,19H,8-9H2,1H3. The molecule has 0 amide bonds. The summed E-state index contributed by atoms with van der Waals surface area (Å²) in [5.41, 5.74) is 1.51. The minimum Gasteiger partial charge on any atom is -0.486 e. The van der Waals surface area contributed by atoms with Gasteiger partial charge in [-0.05, 0) is 42.4 Å². The Balaban J connectivity index is 2.05. The quantitative estimate of drug-likeness (QED) is 0.903. The summed E-state index contributed by atoms with van der Waals surface area (Å²) in [5.74, 6) is -0.755. The fourth-order valence-electron chi connectivity index (χ4n) is 1.77. The first-order valence-electron chi connectivity index (χ1n) is 6.10. The van der Waals surface area contributed by atoms with Gasteiger partial charge < -0.3 is 10.1 Å². The van der Waals surface area contributed by atoms with Gasteiger partial charge in [-0.25, -0.2) is 8.78 Å². The predicted octanol–water partition coefficient (Wildman–Crippen LogP) is 3.92. The largest absolute Gasteiger partial charge is 0.486 e. The number of halogens is 3. The highest BCUT2D eigenvalue weighted by Crippen LogP contribution is 2.21. The average molecular weight is 298 g/mol. The zero-order valence-electron chi connectivity index (χ0n) is 10.9. The fraction of sp³-hybridized carbons (Fsp3) is 0.200. The van der Waals surface area contributed by atoms with Crippen molar-refractivity contribution in [1.82, 2.24) is 5.32 Å². The smallest absolute Gasteiger partial charge is 0.165 e. The second kappa shape index (κ2) is 6.68. The van der Waals surface area contributed by atoms with Crippen LogP contribution >= 0.6 is 11.6 Å². The maximum absolute atomic E-state index is 13.8. The minimum atomic E-state index is -0.488. The van der Waals surface area contributed by atoms with E-state index < -0.39 is 11.6 Å². The van der Waals surface area contributed by atoms with Gasteiger partial charge in [0.1, 0.15) is 12.4 Å². The second-order valence-corrected chi connectivity index (χ2v) is 4.74. The predicted molar refractivity (Wildman–Crippen MR) is 74.9 cm³/mol. The molecule has 0 saturated heterocycles. The highest BCUT2D eigenvalue weighted by atomic mass is 35.5. The van der Waals surface area contributed by atoms with Gasteiger partial charge in [0, 0.05) is 6.54 Å². The molecular formula is C15H14ClF2NO. The molecule has 0 aromatic heterocycles. The first kappa shape index (κ1) is 14.8. The number of hydrogen-bond acceptors (Lipinski definition) is 2. The molecule has 0 atom stereocenters. The molecular weight excluding hydrogens is 284 g/mol. The summed E-state index contributed by atoms with van der Waals surface area (Å²) in [5, 5.41) is 2.97. The Kier molecular flexibility index (Phi) is 4.93. The molecule has 2 aromatic rings. The number of rotatable bonds is 5. The van der Waals surface area contributed by atoms with E-state index in [-0.39, 0.29) is 17.4 Å². The lowest BCUT2D eigenvalue weighted by Gasteiger charge is -2.09. The molecule has 0 heterocycles. The van der Waals surface area contributed by atoms with Crippen LogP contribution in [-0.2, 0) is 13.2 Å². The molecule has 0 fully saturated rings. The topological polar surface area (TPSA) is 21.3 Å². The number of hydrogen-bond donors (Lipinski definition) is 1. The molecule has 2 rings (SSSR count). The van der Waals surface area contributed by atoms with Crippen LogP contribution in [0.2, 0.25) is 5.02 Å². The van der Waals surface area contributed by atoms with Crippen molar-refractivity contribution in [3.63, 3.8) is 0 Å². The Labute approximate surface area is 121 Å². The molecule has 0 bridgehead atoms. The summed E-state index contributed by atoms with van der Waals surface area (Å²) >= 11 is 5.67. The van der Waals surface area contributed by atoms with Crippen LogP contribution in [0, 0.1) is 11.6 Å². The van der Waals surface area contributed by atoms with Crippen LogP contribution in [0.5, 0.6) is 5.75 Å². The number of ether oxygens (including phenoxy) is 1. The molecule has 20 heavy (non-hydrogen) atoms. The highest BCUT2D eigenvalue weighted by Gasteiger charge is 2.06. The number of benzene rings is 2. The van der Waals surface area contributed by atoms with Gasteiger partial charge in [0.15, 0.2) is 11.6 Å². The van der Waals surface area contributed by atoms with E-state index in [4.69, 9.17) is 16.3 Å². The molecule has 1 N–H and O–H groups in total. The van der Waals surface area contributed by atoms with E-state index in [0.29, 0.717) is 12.1 Å². The maximum Gasteiger partial charge on any atom is 0.165 e. The van der Waals surface area contributed by atoms with Gasteiger partial charge in [0.2, 0.25) is 0 Å². The third kappa shape index (κ3) is 3.68. The zero-order chi connectivity index (χ0) is 14.5. The summed E-state index contributed by atoms with van der Waals surface area (Å²) in [4.78, 5) is 0.